The van der Waals surface area contributed by atoms with Gasteiger partial charge in [0.2, 0.25) is 5.96 Å². The molecule has 3 heterocycles. The number of nitrogens with one attached hydrogen (secondary N) is 2. The number of nitrogens with two attached hydrogens (primary N) is 1. The molecule has 3 rings (SSSR count). The molecule has 3 aliphatic heterocycles. The Hall–Kier alpha value is -2.62. The fraction of sp³-hybridized carbons (Fsp3) is 0.455. The molecule has 0 saturated carbocycles. The van der Waals surface area contributed by atoms with E-state index in [1.165, 1.54) is 4.90 Å². The highest BCUT2D eigenvalue weighted by molar-refractivity contribution is 6.05. The SMILES string of the molecule is CC1=CN2C(=NC3C2C(=O)NC(=O)N3C)N1CC(=O)NN. The highest BCUT2D eigenvalue weighted by Gasteiger charge is 2.51. The maximum atomic E-state index is 12.0. The van der Waals surface area contributed by atoms with Crippen LogP contribution in [-0.2, 0) is 9.59 Å². The number of fused-ring (bicyclic) bond motifs is 3. The first-order valence-corrected chi connectivity index (χ1v) is 6.33. The van der Waals surface area contributed by atoms with E-state index in [-0.39, 0.29) is 12.5 Å². The molecule has 0 spiro atoms. The Morgan fingerprint density at radius 3 is 2.90 bits per heavy atom. The van der Waals surface area contributed by atoms with Crippen molar-refractivity contribution in [1.82, 2.24) is 25.4 Å². The summed E-state index contributed by atoms with van der Waals surface area (Å²) in [6, 6.07) is -1.11. The molecule has 0 radical (unpaired) electrons. The lowest BCUT2D eigenvalue weighted by atomic mass is 10.1. The number of guanidine groups is 1. The quantitative estimate of drug-likeness (QED) is 0.299. The first-order chi connectivity index (χ1) is 9.93. The lowest BCUT2D eigenvalue weighted by Gasteiger charge is -2.34. The van der Waals surface area contributed by atoms with Gasteiger partial charge >= 0.3 is 6.03 Å². The van der Waals surface area contributed by atoms with Crippen LogP contribution in [0, 0.1) is 0 Å². The Morgan fingerprint density at radius 1 is 1.52 bits per heavy atom. The van der Waals surface area contributed by atoms with Gasteiger partial charge in [0.05, 0.1) is 0 Å². The molecule has 21 heavy (non-hydrogen) atoms. The van der Waals surface area contributed by atoms with Gasteiger partial charge in [-0.2, -0.15) is 0 Å². The average Bonchev–Trinajstić information content (AvgIpc) is 2.93. The Kier molecular flexibility index (Phi) is 2.83. The summed E-state index contributed by atoms with van der Waals surface area (Å²) in [6.45, 7) is 1.79. The summed E-state index contributed by atoms with van der Waals surface area (Å²) in [5.41, 5.74) is 2.82. The van der Waals surface area contributed by atoms with Crippen molar-refractivity contribution in [3.05, 3.63) is 11.9 Å². The third kappa shape index (κ3) is 1.83. The molecular weight excluding hydrogens is 278 g/mol. The molecule has 10 heteroatoms. The zero-order valence-electron chi connectivity index (χ0n) is 11.5. The standard InChI is InChI=1S/C11H15N7O3/c1-5-3-18-7-8(16(2)11(21)14-9(7)20)13-10(18)17(5)4-6(19)15-12/h3,7-8H,4,12H2,1-2H3,(H,15,19)(H,14,20,21). The van der Waals surface area contributed by atoms with Crippen molar-refractivity contribution >= 4 is 23.8 Å². The molecule has 1 fully saturated rings. The first kappa shape index (κ1) is 13.4. The summed E-state index contributed by atoms with van der Waals surface area (Å²) in [5, 5.41) is 2.28. The summed E-state index contributed by atoms with van der Waals surface area (Å²) >= 11 is 0. The predicted molar refractivity (Wildman–Crippen MR) is 70.9 cm³/mol. The molecule has 1 saturated heterocycles. The van der Waals surface area contributed by atoms with Crippen LogP contribution in [0.4, 0.5) is 4.79 Å². The fourth-order valence-electron chi connectivity index (χ4n) is 2.63. The second-order valence-corrected chi connectivity index (χ2v) is 5.02. The number of urea groups is 1. The number of carbonyl (C=O) groups is 3. The minimum absolute atomic E-state index is 0.00706. The van der Waals surface area contributed by atoms with E-state index in [1.54, 1.807) is 30.0 Å². The van der Waals surface area contributed by atoms with Crippen LogP contribution >= 0.6 is 0 Å². The molecule has 0 bridgehead atoms. The van der Waals surface area contributed by atoms with E-state index in [4.69, 9.17) is 5.84 Å². The van der Waals surface area contributed by atoms with Crippen LogP contribution in [0.2, 0.25) is 0 Å². The van der Waals surface area contributed by atoms with E-state index in [1.807, 2.05) is 0 Å². The Balaban J connectivity index is 1.92. The van der Waals surface area contributed by atoms with Crippen LogP contribution in [0.25, 0.3) is 0 Å². The fourth-order valence-corrected chi connectivity index (χ4v) is 2.63. The van der Waals surface area contributed by atoms with Crippen LogP contribution in [-0.4, -0.2) is 64.3 Å². The first-order valence-electron chi connectivity index (χ1n) is 6.33. The van der Waals surface area contributed by atoms with Crippen LogP contribution in [0.15, 0.2) is 16.9 Å². The number of hydrogen-bond donors (Lipinski definition) is 3. The van der Waals surface area contributed by atoms with Gasteiger partial charge in [0.25, 0.3) is 11.8 Å². The molecule has 0 aromatic carbocycles. The number of likely N-dealkylation sites (N-methyl/N-ethyl adjacent to an activating group) is 1. The molecule has 112 valence electrons. The number of nitrogens with zero attached hydrogens (tertiary/aromatic N) is 4. The molecule has 2 atom stereocenters. The highest BCUT2D eigenvalue weighted by atomic mass is 16.2. The van der Waals surface area contributed by atoms with Crippen molar-refractivity contribution in [3.8, 4) is 0 Å². The average molecular weight is 293 g/mol. The normalized spacial score (nSPS) is 27.1. The maximum Gasteiger partial charge on any atom is 0.325 e. The van der Waals surface area contributed by atoms with Gasteiger partial charge in [0.15, 0.2) is 12.2 Å². The Labute approximate surface area is 120 Å². The van der Waals surface area contributed by atoms with Crippen LogP contribution in [0.5, 0.6) is 0 Å². The smallest absolute Gasteiger partial charge is 0.305 e. The number of carbonyl (C=O) groups excluding carboxylic acids is 3. The van der Waals surface area contributed by atoms with Gasteiger partial charge in [-0.3, -0.25) is 20.3 Å². The van der Waals surface area contributed by atoms with E-state index in [0.29, 0.717) is 5.96 Å². The lowest BCUT2D eigenvalue weighted by Crippen LogP contribution is -2.62. The molecule has 4 N–H and O–H groups in total. The maximum absolute atomic E-state index is 12.0. The third-order valence-electron chi connectivity index (χ3n) is 3.73. The number of allylic oxidation sites excluding steroid dienone is 1. The molecule has 0 aromatic rings. The van der Waals surface area contributed by atoms with Crippen molar-refractivity contribution < 1.29 is 14.4 Å². The molecule has 2 unspecified atom stereocenters. The van der Waals surface area contributed by atoms with E-state index in [0.717, 1.165) is 5.70 Å². The van der Waals surface area contributed by atoms with Crippen molar-refractivity contribution in [1.29, 1.82) is 0 Å². The molecule has 0 aromatic heterocycles. The predicted octanol–water partition coefficient (Wildman–Crippen LogP) is -2.30. The summed E-state index contributed by atoms with van der Waals surface area (Å²) < 4.78 is 0. The van der Waals surface area contributed by atoms with Crippen molar-refractivity contribution in [3.63, 3.8) is 0 Å². The number of aliphatic imine (C=N–C) groups is 1. The van der Waals surface area contributed by atoms with Gasteiger partial charge in [0, 0.05) is 18.9 Å². The summed E-state index contributed by atoms with van der Waals surface area (Å²) in [5.74, 6) is 4.77. The number of imide groups is 1. The summed E-state index contributed by atoms with van der Waals surface area (Å²) in [4.78, 5) is 44.2. The van der Waals surface area contributed by atoms with Crippen molar-refractivity contribution in [2.45, 2.75) is 19.1 Å². The van der Waals surface area contributed by atoms with Crippen LogP contribution in [0.3, 0.4) is 0 Å². The zero-order valence-corrected chi connectivity index (χ0v) is 11.5. The highest BCUT2D eigenvalue weighted by Crippen LogP contribution is 2.31. The van der Waals surface area contributed by atoms with Crippen molar-refractivity contribution in [2.24, 2.45) is 10.8 Å². The van der Waals surface area contributed by atoms with E-state index in [2.05, 4.69) is 15.7 Å². The summed E-state index contributed by atoms with van der Waals surface area (Å²) in [7, 11) is 1.57. The van der Waals surface area contributed by atoms with Gasteiger partial charge in [-0.05, 0) is 6.92 Å². The zero-order chi connectivity index (χ0) is 15.3. The lowest BCUT2D eigenvalue weighted by molar-refractivity contribution is -0.126. The van der Waals surface area contributed by atoms with Gasteiger partial charge in [-0.1, -0.05) is 0 Å². The minimum Gasteiger partial charge on any atom is -0.305 e. The third-order valence-corrected chi connectivity index (χ3v) is 3.73. The Bertz CT molecular complexity index is 599. The summed E-state index contributed by atoms with van der Waals surface area (Å²) in [6.07, 6.45) is 1.13. The number of hydrogen-bond acceptors (Lipinski definition) is 7. The van der Waals surface area contributed by atoms with Crippen LogP contribution < -0.4 is 16.6 Å². The largest absolute Gasteiger partial charge is 0.325 e. The van der Waals surface area contributed by atoms with Crippen molar-refractivity contribution in [2.75, 3.05) is 13.6 Å². The number of rotatable bonds is 2. The van der Waals surface area contributed by atoms with Gasteiger partial charge in [-0.15, -0.1) is 0 Å². The minimum atomic E-state index is -0.622. The Morgan fingerprint density at radius 2 is 2.24 bits per heavy atom. The number of hydrazine groups is 1. The molecule has 10 nitrogen and oxygen atoms in total. The van der Waals surface area contributed by atoms with Crippen LogP contribution in [0.1, 0.15) is 6.92 Å². The second kappa shape index (κ2) is 4.45. The molecule has 3 aliphatic rings. The van der Waals surface area contributed by atoms with E-state index >= 15 is 0 Å². The number of amides is 4. The monoisotopic (exact) mass is 293 g/mol. The molecule has 0 aliphatic carbocycles. The molecule has 4 amide bonds. The second-order valence-electron chi connectivity index (χ2n) is 5.02. The van der Waals surface area contributed by atoms with Gasteiger partial charge < -0.3 is 14.7 Å². The van der Waals surface area contributed by atoms with Gasteiger partial charge in [-0.25, -0.2) is 15.6 Å². The van der Waals surface area contributed by atoms with Gasteiger partial charge in [0.1, 0.15) is 6.54 Å². The van der Waals surface area contributed by atoms with E-state index < -0.39 is 24.1 Å². The molecular formula is C11H15N7O3. The topological polar surface area (TPSA) is 123 Å². The van der Waals surface area contributed by atoms with E-state index in [9.17, 15) is 14.4 Å².